The maximum absolute atomic E-state index is 11.8. The normalized spacial score (nSPS) is 41.9. The molecule has 4 rings (SSSR count). The topological polar surface area (TPSA) is 46.5 Å². The summed E-state index contributed by atoms with van der Waals surface area (Å²) < 4.78 is 5.53. The van der Waals surface area contributed by atoms with Crippen LogP contribution in [0.15, 0.2) is 23.3 Å². The summed E-state index contributed by atoms with van der Waals surface area (Å²) in [6.45, 7) is 15.9. The van der Waals surface area contributed by atoms with E-state index in [-0.39, 0.29) is 17.5 Å². The zero-order valence-corrected chi connectivity index (χ0v) is 22.2. The van der Waals surface area contributed by atoms with Gasteiger partial charge in [0, 0.05) is 18.8 Å². The monoisotopic (exact) mass is 456 g/mol. The number of carbonyl (C=O) groups is 1. The molecule has 0 spiro atoms. The summed E-state index contributed by atoms with van der Waals surface area (Å²) in [6.07, 6.45) is 14.2. The van der Waals surface area contributed by atoms with Crippen LogP contribution in [-0.4, -0.2) is 22.8 Å². The fourth-order valence-electron chi connectivity index (χ4n) is 8.18. The van der Waals surface area contributed by atoms with E-state index in [1.54, 1.807) is 5.57 Å². The number of rotatable bonds is 6. The van der Waals surface area contributed by atoms with E-state index in [2.05, 4.69) is 53.7 Å². The van der Waals surface area contributed by atoms with Gasteiger partial charge in [0.1, 0.15) is 6.10 Å². The van der Waals surface area contributed by atoms with Crippen LogP contribution in [0, 0.1) is 40.4 Å². The molecule has 3 nitrogen and oxygen atoms in total. The number of carbonyl (C=O) groups excluding carboxylic acids is 1. The van der Waals surface area contributed by atoms with Crippen LogP contribution < -0.4 is 0 Å². The number of fused-ring (bicyclic) bond motifs is 5. The van der Waals surface area contributed by atoms with Crippen LogP contribution in [0.3, 0.4) is 0 Å². The van der Waals surface area contributed by atoms with E-state index < -0.39 is 5.60 Å². The average Bonchev–Trinajstić information content (AvgIpc) is 3.09. The Bertz CT molecular complexity index is 824. The Morgan fingerprint density at radius 2 is 1.82 bits per heavy atom. The van der Waals surface area contributed by atoms with Crippen molar-refractivity contribution in [2.75, 3.05) is 0 Å². The van der Waals surface area contributed by atoms with Gasteiger partial charge in [0.15, 0.2) is 0 Å². The molecule has 186 valence electrons. The van der Waals surface area contributed by atoms with E-state index in [4.69, 9.17) is 4.74 Å². The van der Waals surface area contributed by atoms with Gasteiger partial charge in [-0.15, -0.1) is 0 Å². The first-order valence-electron chi connectivity index (χ1n) is 13.7. The molecule has 2 fully saturated rings. The first-order valence-corrected chi connectivity index (χ1v) is 13.7. The van der Waals surface area contributed by atoms with Crippen LogP contribution in [0.5, 0.6) is 0 Å². The van der Waals surface area contributed by atoms with E-state index in [0.29, 0.717) is 24.2 Å². The van der Waals surface area contributed by atoms with Crippen molar-refractivity contribution in [2.24, 2.45) is 40.4 Å². The summed E-state index contributed by atoms with van der Waals surface area (Å²) in [5.74, 6) is 3.52. The van der Waals surface area contributed by atoms with E-state index >= 15 is 0 Å². The number of hydrogen-bond acceptors (Lipinski definition) is 3. The van der Waals surface area contributed by atoms with Crippen molar-refractivity contribution in [3.63, 3.8) is 0 Å². The van der Waals surface area contributed by atoms with Crippen LogP contribution in [0.25, 0.3) is 0 Å². The minimum atomic E-state index is -0.813. The molecule has 8 atom stereocenters. The maximum Gasteiger partial charge on any atom is 0.302 e. The third-order valence-electron chi connectivity index (χ3n) is 10.9. The van der Waals surface area contributed by atoms with Gasteiger partial charge >= 0.3 is 5.97 Å². The van der Waals surface area contributed by atoms with Gasteiger partial charge < -0.3 is 9.84 Å². The van der Waals surface area contributed by atoms with Crippen molar-refractivity contribution in [3.8, 4) is 0 Å². The summed E-state index contributed by atoms with van der Waals surface area (Å²) in [6, 6.07) is 0. The third-order valence-corrected chi connectivity index (χ3v) is 10.9. The highest BCUT2D eigenvalue weighted by atomic mass is 16.5. The molecule has 0 heterocycles. The summed E-state index contributed by atoms with van der Waals surface area (Å²) >= 11 is 0. The number of hydrogen-bond donors (Lipinski definition) is 1. The Kier molecular flexibility index (Phi) is 6.71. The highest BCUT2D eigenvalue weighted by Gasteiger charge is 2.60. The number of ether oxygens (including phenoxy) is 1. The zero-order valence-electron chi connectivity index (χ0n) is 22.2. The molecule has 0 aromatic heterocycles. The van der Waals surface area contributed by atoms with Crippen molar-refractivity contribution in [1.82, 2.24) is 0 Å². The Hall–Kier alpha value is -1.09. The van der Waals surface area contributed by atoms with Gasteiger partial charge in [0.25, 0.3) is 0 Å². The molecule has 4 aliphatic rings. The quantitative estimate of drug-likeness (QED) is 0.428. The second kappa shape index (κ2) is 8.85. The fraction of sp³-hybridized carbons (Fsp3) is 0.833. The molecule has 0 radical (unpaired) electrons. The van der Waals surface area contributed by atoms with Crippen LogP contribution >= 0.6 is 0 Å². The predicted molar refractivity (Wildman–Crippen MR) is 135 cm³/mol. The zero-order chi connectivity index (χ0) is 24.2. The van der Waals surface area contributed by atoms with E-state index in [1.807, 2.05) is 0 Å². The van der Waals surface area contributed by atoms with Crippen molar-refractivity contribution < 1.29 is 14.6 Å². The molecule has 0 aromatic carbocycles. The molecule has 0 aliphatic heterocycles. The second-order valence-corrected chi connectivity index (χ2v) is 13.0. The van der Waals surface area contributed by atoms with Crippen LogP contribution in [0.4, 0.5) is 0 Å². The standard InChI is InChI=1S/C30H48O3/c1-19(2)20(3)8-9-21(4)25-10-11-26-24-13-17-30(32)18-23(33-22(5)31)12-16-29(30,7)27(24)14-15-28(25,26)6/h13-14,19-21,23,25-26,32H,8-12,15-18H2,1-7H3/t20-,21+,23+,25+,26+,28-,29+,30+/m0/s1. The average molecular weight is 457 g/mol. The van der Waals surface area contributed by atoms with Crippen molar-refractivity contribution >= 4 is 5.97 Å². The molecule has 3 heteroatoms. The highest BCUT2D eigenvalue weighted by molar-refractivity contribution is 5.66. The third kappa shape index (κ3) is 4.15. The molecule has 0 aromatic rings. The van der Waals surface area contributed by atoms with Crippen molar-refractivity contribution in [2.45, 2.75) is 118 Å². The minimum absolute atomic E-state index is 0.157. The minimum Gasteiger partial charge on any atom is -0.462 e. The smallest absolute Gasteiger partial charge is 0.302 e. The van der Waals surface area contributed by atoms with Gasteiger partial charge in [0.2, 0.25) is 0 Å². The van der Waals surface area contributed by atoms with Crippen molar-refractivity contribution in [1.29, 1.82) is 0 Å². The molecule has 4 aliphatic carbocycles. The maximum atomic E-state index is 11.8. The lowest BCUT2D eigenvalue weighted by Crippen LogP contribution is -2.56. The van der Waals surface area contributed by atoms with E-state index in [9.17, 15) is 9.90 Å². The second-order valence-electron chi connectivity index (χ2n) is 13.0. The predicted octanol–water partition coefficient (Wildman–Crippen LogP) is 7.24. The summed E-state index contributed by atoms with van der Waals surface area (Å²) in [4.78, 5) is 11.5. The highest BCUT2D eigenvalue weighted by Crippen LogP contribution is 2.65. The van der Waals surface area contributed by atoms with Gasteiger partial charge in [-0.1, -0.05) is 66.5 Å². The van der Waals surface area contributed by atoms with Crippen LogP contribution in [0.2, 0.25) is 0 Å². The fourth-order valence-corrected chi connectivity index (χ4v) is 8.18. The first kappa shape index (κ1) is 25.0. The number of aliphatic hydroxyl groups is 1. The van der Waals surface area contributed by atoms with E-state index in [0.717, 1.165) is 42.9 Å². The lowest BCUT2D eigenvalue weighted by molar-refractivity contribution is -0.163. The molecule has 2 saturated carbocycles. The Morgan fingerprint density at radius 3 is 2.48 bits per heavy atom. The molecule has 33 heavy (non-hydrogen) atoms. The SMILES string of the molecule is CC(=O)O[C@@H]1CC[C@]2(C)C3=CC[C@]4(C)[C@H](CC[C@@H]4[C@H](C)CC[C@H](C)C(C)C)C3=CC[C@@]2(O)C1. The molecule has 1 N–H and O–H groups in total. The molecule has 0 unspecified atom stereocenters. The molecular weight excluding hydrogens is 408 g/mol. The Labute approximate surface area is 202 Å². The van der Waals surface area contributed by atoms with Gasteiger partial charge in [-0.3, -0.25) is 4.79 Å². The summed E-state index contributed by atoms with van der Waals surface area (Å²) in [7, 11) is 0. The molecular formula is C30H48O3. The summed E-state index contributed by atoms with van der Waals surface area (Å²) in [5.41, 5.74) is 2.27. The molecule has 0 saturated heterocycles. The van der Waals surface area contributed by atoms with Crippen LogP contribution in [-0.2, 0) is 9.53 Å². The van der Waals surface area contributed by atoms with Gasteiger partial charge in [-0.25, -0.2) is 0 Å². The number of esters is 1. The molecule has 0 amide bonds. The Balaban J connectivity index is 1.54. The summed E-state index contributed by atoms with van der Waals surface area (Å²) in [5, 5.41) is 11.8. The lowest BCUT2D eigenvalue weighted by Gasteiger charge is -2.57. The first-order chi connectivity index (χ1) is 15.4. The van der Waals surface area contributed by atoms with Crippen molar-refractivity contribution in [3.05, 3.63) is 23.3 Å². The van der Waals surface area contributed by atoms with Gasteiger partial charge in [-0.05, 0) is 84.7 Å². The molecule has 0 bridgehead atoms. The largest absolute Gasteiger partial charge is 0.462 e. The number of allylic oxidation sites excluding steroid dienone is 2. The Morgan fingerprint density at radius 1 is 1.09 bits per heavy atom. The van der Waals surface area contributed by atoms with Crippen LogP contribution in [0.1, 0.15) is 106 Å². The van der Waals surface area contributed by atoms with E-state index in [1.165, 1.54) is 38.2 Å². The van der Waals surface area contributed by atoms with Gasteiger partial charge in [-0.2, -0.15) is 0 Å². The van der Waals surface area contributed by atoms with Gasteiger partial charge in [0.05, 0.1) is 5.60 Å². The lowest BCUT2D eigenvalue weighted by atomic mass is 9.50.